The van der Waals surface area contributed by atoms with Crippen molar-refractivity contribution in [3.63, 3.8) is 0 Å². The Morgan fingerprint density at radius 1 is 1.17 bits per heavy atom. The first kappa shape index (κ1) is 13.3. The third-order valence-electron chi connectivity index (χ3n) is 2.87. The van der Waals surface area contributed by atoms with Gasteiger partial charge in [0, 0.05) is 16.7 Å². The minimum atomic E-state index is -0.445. The van der Waals surface area contributed by atoms with Gasteiger partial charge in [-0.2, -0.15) is 0 Å². The summed E-state index contributed by atoms with van der Waals surface area (Å²) < 4.78 is 6.06. The number of benzene rings is 1. The smallest absolute Gasteiger partial charge is 0.338 e. The number of nitrogens with zero attached hydrogens (tertiary/aromatic N) is 1. The maximum atomic E-state index is 11.7. The summed E-state index contributed by atoms with van der Waals surface area (Å²) in [6, 6.07) is 7.06. The molecule has 1 fully saturated rings. The predicted octanol–water partition coefficient (Wildman–Crippen LogP) is 2.07. The highest BCUT2D eigenvalue weighted by molar-refractivity contribution is 14.1. The van der Waals surface area contributed by atoms with Gasteiger partial charge in [-0.05, 0) is 59.7 Å². The summed E-state index contributed by atoms with van der Waals surface area (Å²) in [5.74, 6) is -0.551. The van der Waals surface area contributed by atoms with E-state index in [4.69, 9.17) is 4.74 Å². The van der Waals surface area contributed by atoms with Crippen LogP contribution in [0.25, 0.3) is 0 Å². The van der Waals surface area contributed by atoms with Crippen LogP contribution in [0, 0.1) is 3.57 Å². The van der Waals surface area contributed by atoms with E-state index in [1.165, 1.54) is 0 Å². The van der Waals surface area contributed by atoms with Crippen LogP contribution in [0.4, 0.5) is 0 Å². The standard InChI is InChI=1S/C13H14INO3/c14-11-5-3-10(4-6-11)13(17)18-9-12(16)15-7-1-2-8-15/h3-6H,1-2,7-9H2. The first-order chi connectivity index (χ1) is 8.66. The van der Waals surface area contributed by atoms with Crippen molar-refractivity contribution >= 4 is 34.5 Å². The molecule has 0 radical (unpaired) electrons. The Bertz CT molecular complexity index is 438. The second-order valence-electron chi connectivity index (χ2n) is 4.17. The minimum Gasteiger partial charge on any atom is -0.452 e. The molecule has 2 rings (SSSR count). The highest BCUT2D eigenvalue weighted by atomic mass is 127. The van der Waals surface area contributed by atoms with Crippen molar-refractivity contribution in [1.29, 1.82) is 0 Å². The van der Waals surface area contributed by atoms with E-state index >= 15 is 0 Å². The number of ether oxygens (including phenoxy) is 1. The molecule has 1 aromatic carbocycles. The average molecular weight is 359 g/mol. The van der Waals surface area contributed by atoms with E-state index in [9.17, 15) is 9.59 Å². The number of hydrogen-bond donors (Lipinski definition) is 0. The fourth-order valence-corrected chi connectivity index (χ4v) is 2.21. The van der Waals surface area contributed by atoms with Gasteiger partial charge in [0.15, 0.2) is 6.61 Å². The maximum absolute atomic E-state index is 11.7. The minimum absolute atomic E-state index is 0.105. The Hall–Kier alpha value is -1.11. The molecular weight excluding hydrogens is 345 g/mol. The van der Waals surface area contributed by atoms with Crippen LogP contribution in [0.3, 0.4) is 0 Å². The molecule has 1 heterocycles. The number of carbonyl (C=O) groups is 2. The molecule has 0 aromatic heterocycles. The molecule has 1 amide bonds. The van der Waals surface area contributed by atoms with Gasteiger partial charge in [-0.25, -0.2) is 4.79 Å². The number of rotatable bonds is 3. The molecule has 0 N–H and O–H groups in total. The molecule has 4 nitrogen and oxygen atoms in total. The molecular formula is C13H14INO3. The van der Waals surface area contributed by atoms with Crippen LogP contribution in [-0.2, 0) is 9.53 Å². The molecule has 0 unspecified atom stereocenters. The van der Waals surface area contributed by atoms with Gasteiger partial charge in [0.1, 0.15) is 0 Å². The monoisotopic (exact) mass is 359 g/mol. The number of hydrogen-bond acceptors (Lipinski definition) is 3. The largest absolute Gasteiger partial charge is 0.452 e. The quantitative estimate of drug-likeness (QED) is 0.613. The van der Waals surface area contributed by atoms with Crippen LogP contribution in [0.15, 0.2) is 24.3 Å². The molecule has 1 aliphatic heterocycles. The summed E-state index contributed by atoms with van der Waals surface area (Å²) in [5.41, 5.74) is 0.477. The lowest BCUT2D eigenvalue weighted by Gasteiger charge is -2.14. The molecule has 0 spiro atoms. The molecule has 5 heteroatoms. The van der Waals surface area contributed by atoms with E-state index in [0.717, 1.165) is 29.5 Å². The fraction of sp³-hybridized carbons (Fsp3) is 0.385. The number of esters is 1. The van der Waals surface area contributed by atoms with Crippen LogP contribution < -0.4 is 0 Å². The Morgan fingerprint density at radius 2 is 1.78 bits per heavy atom. The summed E-state index contributed by atoms with van der Waals surface area (Å²) in [7, 11) is 0. The van der Waals surface area contributed by atoms with Crippen LogP contribution in [-0.4, -0.2) is 36.5 Å². The highest BCUT2D eigenvalue weighted by Crippen LogP contribution is 2.10. The summed E-state index contributed by atoms with van der Waals surface area (Å²) in [6.45, 7) is 1.39. The number of amides is 1. The van der Waals surface area contributed by atoms with E-state index in [-0.39, 0.29) is 12.5 Å². The third kappa shape index (κ3) is 3.44. The fourth-order valence-electron chi connectivity index (χ4n) is 1.85. The Labute approximate surface area is 119 Å². The third-order valence-corrected chi connectivity index (χ3v) is 3.58. The SMILES string of the molecule is O=C(OCC(=O)N1CCCC1)c1ccc(I)cc1. The van der Waals surface area contributed by atoms with Crippen LogP contribution in [0.5, 0.6) is 0 Å². The first-order valence-electron chi connectivity index (χ1n) is 5.87. The van der Waals surface area contributed by atoms with E-state index in [2.05, 4.69) is 22.6 Å². The lowest BCUT2D eigenvalue weighted by molar-refractivity contribution is -0.133. The molecule has 1 aromatic rings. The van der Waals surface area contributed by atoms with Gasteiger partial charge < -0.3 is 9.64 Å². The molecule has 0 saturated carbocycles. The van der Waals surface area contributed by atoms with Crippen molar-refractivity contribution in [2.24, 2.45) is 0 Å². The number of halogens is 1. The summed E-state index contributed by atoms with van der Waals surface area (Å²) in [5, 5.41) is 0. The molecule has 0 atom stereocenters. The van der Waals surface area contributed by atoms with Crippen LogP contribution in [0.1, 0.15) is 23.2 Å². The molecule has 0 aliphatic carbocycles. The van der Waals surface area contributed by atoms with Crippen molar-refractivity contribution in [2.45, 2.75) is 12.8 Å². The zero-order valence-corrected chi connectivity index (χ0v) is 12.1. The Kier molecular flexibility index (Phi) is 4.57. The molecule has 96 valence electrons. The van der Waals surface area contributed by atoms with Gasteiger partial charge in [-0.15, -0.1) is 0 Å². The number of likely N-dealkylation sites (tertiary alicyclic amines) is 1. The van der Waals surface area contributed by atoms with Gasteiger partial charge in [-0.3, -0.25) is 4.79 Å². The molecule has 18 heavy (non-hydrogen) atoms. The molecule has 1 saturated heterocycles. The molecule has 1 aliphatic rings. The van der Waals surface area contributed by atoms with E-state index in [0.29, 0.717) is 5.56 Å². The lowest BCUT2D eigenvalue weighted by atomic mass is 10.2. The average Bonchev–Trinajstić information content (AvgIpc) is 2.90. The van der Waals surface area contributed by atoms with Crippen molar-refractivity contribution in [1.82, 2.24) is 4.90 Å². The topological polar surface area (TPSA) is 46.6 Å². The Balaban J connectivity index is 1.84. The van der Waals surface area contributed by atoms with Gasteiger partial charge >= 0.3 is 5.97 Å². The van der Waals surface area contributed by atoms with Gasteiger partial charge in [0.05, 0.1) is 5.56 Å². The summed E-state index contributed by atoms with van der Waals surface area (Å²) >= 11 is 2.16. The van der Waals surface area contributed by atoms with Crippen molar-refractivity contribution in [3.05, 3.63) is 33.4 Å². The number of carbonyl (C=O) groups excluding carboxylic acids is 2. The second kappa shape index (κ2) is 6.17. The van der Waals surface area contributed by atoms with E-state index in [1.807, 2.05) is 12.1 Å². The van der Waals surface area contributed by atoms with Crippen molar-refractivity contribution in [2.75, 3.05) is 19.7 Å². The van der Waals surface area contributed by atoms with Gasteiger partial charge in [0.2, 0.25) is 0 Å². The van der Waals surface area contributed by atoms with Gasteiger partial charge in [0.25, 0.3) is 5.91 Å². The summed E-state index contributed by atoms with van der Waals surface area (Å²) in [4.78, 5) is 25.1. The highest BCUT2D eigenvalue weighted by Gasteiger charge is 2.19. The van der Waals surface area contributed by atoms with E-state index in [1.54, 1.807) is 17.0 Å². The second-order valence-corrected chi connectivity index (χ2v) is 5.42. The van der Waals surface area contributed by atoms with Gasteiger partial charge in [-0.1, -0.05) is 0 Å². The first-order valence-corrected chi connectivity index (χ1v) is 6.95. The van der Waals surface area contributed by atoms with E-state index < -0.39 is 5.97 Å². The Morgan fingerprint density at radius 3 is 2.39 bits per heavy atom. The van der Waals surface area contributed by atoms with Crippen molar-refractivity contribution in [3.8, 4) is 0 Å². The maximum Gasteiger partial charge on any atom is 0.338 e. The van der Waals surface area contributed by atoms with Crippen molar-refractivity contribution < 1.29 is 14.3 Å². The zero-order valence-electron chi connectivity index (χ0n) is 9.89. The lowest BCUT2D eigenvalue weighted by Crippen LogP contribution is -2.32. The van der Waals surface area contributed by atoms with Crippen LogP contribution >= 0.6 is 22.6 Å². The summed E-state index contributed by atoms with van der Waals surface area (Å²) in [6.07, 6.45) is 2.08. The normalized spacial score (nSPS) is 14.6. The zero-order chi connectivity index (χ0) is 13.0. The predicted molar refractivity (Wildman–Crippen MR) is 75.3 cm³/mol. The molecule has 0 bridgehead atoms. The van der Waals surface area contributed by atoms with Crippen LogP contribution in [0.2, 0.25) is 0 Å².